The summed E-state index contributed by atoms with van der Waals surface area (Å²) in [5.74, 6) is 0. The van der Waals surface area contributed by atoms with Gasteiger partial charge in [-0.2, -0.15) is 0 Å². The Bertz CT molecular complexity index is 604. The average molecular weight is 279 g/mol. The molecule has 7 heteroatoms. The third kappa shape index (κ3) is 3.05. The maximum Gasteiger partial charge on any atom is 0.344 e. The Labute approximate surface area is 115 Å². The lowest BCUT2D eigenvalue weighted by Crippen LogP contribution is -2.19. The average Bonchev–Trinajstić information content (AvgIpc) is 2.73. The summed E-state index contributed by atoms with van der Waals surface area (Å²) >= 11 is 1.38. The van der Waals surface area contributed by atoms with Crippen LogP contribution < -0.4 is 11.4 Å². The van der Waals surface area contributed by atoms with Crippen molar-refractivity contribution in [1.29, 1.82) is 0 Å². The molecule has 2 aromatic heterocycles. The number of H-pyrrole nitrogens is 1. The van der Waals surface area contributed by atoms with Gasteiger partial charge in [0, 0.05) is 12.2 Å². The quantitative estimate of drug-likeness (QED) is 0.858. The lowest BCUT2D eigenvalue weighted by molar-refractivity contribution is 0.533. The van der Waals surface area contributed by atoms with Crippen LogP contribution in [0.4, 0.5) is 0 Å². The predicted octanol–water partition coefficient (Wildman–Crippen LogP) is 1.20. The number of aromatic amines is 1. The van der Waals surface area contributed by atoms with Gasteiger partial charge in [-0.3, -0.25) is 4.57 Å². The van der Waals surface area contributed by atoms with E-state index in [2.05, 4.69) is 15.2 Å². The van der Waals surface area contributed by atoms with Crippen molar-refractivity contribution in [2.24, 2.45) is 5.73 Å². The van der Waals surface area contributed by atoms with Gasteiger partial charge in [-0.15, -0.1) is 5.10 Å². The summed E-state index contributed by atoms with van der Waals surface area (Å²) in [4.78, 5) is 16.0. The number of aromatic nitrogens is 4. The van der Waals surface area contributed by atoms with E-state index in [1.807, 2.05) is 26.0 Å². The van der Waals surface area contributed by atoms with E-state index in [9.17, 15) is 4.79 Å². The van der Waals surface area contributed by atoms with Gasteiger partial charge in [0.2, 0.25) is 0 Å². The first-order valence-corrected chi connectivity index (χ1v) is 6.94. The van der Waals surface area contributed by atoms with Gasteiger partial charge >= 0.3 is 5.69 Å². The zero-order valence-electron chi connectivity index (χ0n) is 11.0. The molecule has 0 bridgehead atoms. The predicted molar refractivity (Wildman–Crippen MR) is 74.4 cm³/mol. The first kappa shape index (κ1) is 13.8. The van der Waals surface area contributed by atoms with Crippen molar-refractivity contribution < 1.29 is 0 Å². The molecule has 0 amide bonds. The van der Waals surface area contributed by atoms with Crippen LogP contribution in [0.1, 0.15) is 25.5 Å². The highest BCUT2D eigenvalue weighted by Gasteiger charge is 2.14. The van der Waals surface area contributed by atoms with Gasteiger partial charge in [-0.1, -0.05) is 6.07 Å². The third-order valence-electron chi connectivity index (χ3n) is 2.64. The Kier molecular flexibility index (Phi) is 4.39. The highest BCUT2D eigenvalue weighted by molar-refractivity contribution is 7.99. The molecule has 0 saturated heterocycles. The second-order valence-corrected chi connectivity index (χ2v) is 5.34. The topological polar surface area (TPSA) is 89.6 Å². The van der Waals surface area contributed by atoms with Gasteiger partial charge in [0.05, 0.1) is 0 Å². The fourth-order valence-electron chi connectivity index (χ4n) is 1.77. The van der Waals surface area contributed by atoms with E-state index in [1.165, 1.54) is 11.8 Å². The van der Waals surface area contributed by atoms with Crippen molar-refractivity contribution in [3.8, 4) is 0 Å². The molecular formula is C12H17N5OS. The Morgan fingerprint density at radius 3 is 3.00 bits per heavy atom. The molecule has 0 fully saturated rings. The van der Waals surface area contributed by atoms with Gasteiger partial charge in [0.25, 0.3) is 0 Å². The maximum absolute atomic E-state index is 11.7. The van der Waals surface area contributed by atoms with E-state index < -0.39 is 0 Å². The summed E-state index contributed by atoms with van der Waals surface area (Å²) in [7, 11) is 0. The van der Waals surface area contributed by atoms with Gasteiger partial charge < -0.3 is 5.73 Å². The first-order valence-electron chi connectivity index (χ1n) is 6.12. The molecule has 0 aliphatic rings. The van der Waals surface area contributed by atoms with E-state index in [0.29, 0.717) is 11.7 Å². The number of nitrogens with zero attached hydrogens (tertiary/aromatic N) is 3. The fraction of sp³-hybridized carbons (Fsp3) is 0.417. The summed E-state index contributed by atoms with van der Waals surface area (Å²) in [5.41, 5.74) is 6.46. The van der Waals surface area contributed by atoms with Crippen LogP contribution in [0.3, 0.4) is 0 Å². The molecular weight excluding hydrogens is 262 g/mol. The second kappa shape index (κ2) is 6.03. The molecule has 0 aliphatic carbocycles. The largest absolute Gasteiger partial charge is 0.344 e. The molecule has 102 valence electrons. The van der Waals surface area contributed by atoms with E-state index in [-0.39, 0.29) is 11.7 Å². The molecule has 19 heavy (non-hydrogen) atoms. The second-order valence-electron chi connectivity index (χ2n) is 4.38. The van der Waals surface area contributed by atoms with E-state index in [1.54, 1.807) is 10.8 Å². The van der Waals surface area contributed by atoms with Gasteiger partial charge in [0.1, 0.15) is 5.03 Å². The maximum atomic E-state index is 11.7. The van der Waals surface area contributed by atoms with Gasteiger partial charge in [-0.05, 0) is 50.2 Å². The van der Waals surface area contributed by atoms with Crippen LogP contribution in [0.2, 0.25) is 0 Å². The SMILES string of the molecule is CC(C)n1c(Sc2ncccc2CCN)n[nH]c1=O. The lowest BCUT2D eigenvalue weighted by Gasteiger charge is -2.10. The Morgan fingerprint density at radius 1 is 1.53 bits per heavy atom. The fourth-order valence-corrected chi connectivity index (χ4v) is 2.84. The molecule has 0 saturated carbocycles. The number of nitrogens with one attached hydrogen (secondary N) is 1. The molecule has 0 aromatic carbocycles. The van der Waals surface area contributed by atoms with Crippen molar-refractivity contribution in [3.63, 3.8) is 0 Å². The summed E-state index contributed by atoms with van der Waals surface area (Å²) in [6, 6.07) is 3.93. The zero-order chi connectivity index (χ0) is 13.8. The Balaban J connectivity index is 2.34. The van der Waals surface area contributed by atoms with E-state index in [4.69, 9.17) is 5.73 Å². The van der Waals surface area contributed by atoms with Crippen molar-refractivity contribution >= 4 is 11.8 Å². The molecule has 0 radical (unpaired) electrons. The van der Waals surface area contributed by atoms with Crippen LogP contribution in [0.5, 0.6) is 0 Å². The van der Waals surface area contributed by atoms with Crippen LogP contribution in [-0.4, -0.2) is 26.3 Å². The van der Waals surface area contributed by atoms with Crippen LogP contribution in [0, 0.1) is 0 Å². The molecule has 0 spiro atoms. The third-order valence-corrected chi connectivity index (χ3v) is 3.67. The smallest absolute Gasteiger partial charge is 0.330 e. The molecule has 2 rings (SSSR count). The summed E-state index contributed by atoms with van der Waals surface area (Å²) < 4.78 is 1.62. The highest BCUT2D eigenvalue weighted by atomic mass is 32.2. The van der Waals surface area contributed by atoms with Crippen molar-refractivity contribution in [2.45, 2.75) is 36.5 Å². The standard InChI is InChI=1S/C12H17N5OS/c1-8(2)17-11(18)15-16-12(17)19-10-9(5-6-13)4-3-7-14-10/h3-4,7-8H,5-6,13H2,1-2H3,(H,15,18). The van der Waals surface area contributed by atoms with Crippen molar-refractivity contribution in [3.05, 3.63) is 34.4 Å². The van der Waals surface area contributed by atoms with E-state index in [0.717, 1.165) is 17.0 Å². The van der Waals surface area contributed by atoms with Gasteiger partial charge in [0.15, 0.2) is 5.16 Å². The zero-order valence-corrected chi connectivity index (χ0v) is 11.8. The number of hydrogen-bond donors (Lipinski definition) is 2. The van der Waals surface area contributed by atoms with Gasteiger partial charge in [-0.25, -0.2) is 14.9 Å². The van der Waals surface area contributed by atoms with E-state index >= 15 is 0 Å². The molecule has 2 aromatic rings. The van der Waals surface area contributed by atoms with Crippen molar-refractivity contribution in [2.75, 3.05) is 6.54 Å². The number of hydrogen-bond acceptors (Lipinski definition) is 5. The highest BCUT2D eigenvalue weighted by Crippen LogP contribution is 2.27. The number of pyridine rings is 1. The first-order chi connectivity index (χ1) is 9.13. The summed E-state index contributed by atoms with van der Waals surface area (Å²) in [6.07, 6.45) is 2.49. The monoisotopic (exact) mass is 279 g/mol. The molecule has 3 N–H and O–H groups in total. The minimum atomic E-state index is -0.200. The molecule has 6 nitrogen and oxygen atoms in total. The molecule has 0 atom stereocenters. The van der Waals surface area contributed by atoms with Crippen LogP contribution in [0.15, 0.2) is 33.3 Å². The summed E-state index contributed by atoms with van der Waals surface area (Å²) in [5, 5.41) is 7.99. The summed E-state index contributed by atoms with van der Waals surface area (Å²) in [6.45, 7) is 4.46. The van der Waals surface area contributed by atoms with Crippen LogP contribution >= 0.6 is 11.8 Å². The normalized spacial score (nSPS) is 11.2. The number of nitrogens with two attached hydrogens (primary N) is 1. The number of rotatable bonds is 5. The Hall–Kier alpha value is -1.60. The van der Waals surface area contributed by atoms with Crippen LogP contribution in [0.25, 0.3) is 0 Å². The molecule has 0 aliphatic heterocycles. The molecule has 0 unspecified atom stereocenters. The van der Waals surface area contributed by atoms with Crippen LogP contribution in [-0.2, 0) is 6.42 Å². The minimum Gasteiger partial charge on any atom is -0.330 e. The minimum absolute atomic E-state index is 0.0513. The van der Waals surface area contributed by atoms with Crippen molar-refractivity contribution in [1.82, 2.24) is 19.7 Å². The lowest BCUT2D eigenvalue weighted by atomic mass is 10.2. The molecule has 2 heterocycles. The Morgan fingerprint density at radius 2 is 2.32 bits per heavy atom.